The van der Waals surface area contributed by atoms with Crippen LogP contribution in [0.2, 0.25) is 0 Å². The fourth-order valence-electron chi connectivity index (χ4n) is 3.22. The summed E-state index contributed by atoms with van der Waals surface area (Å²) in [5.74, 6) is -1.41. The van der Waals surface area contributed by atoms with Crippen molar-refractivity contribution in [2.45, 2.75) is 6.54 Å². The molecule has 0 atom stereocenters. The van der Waals surface area contributed by atoms with Gasteiger partial charge in [-0.25, -0.2) is 4.79 Å². The van der Waals surface area contributed by atoms with Gasteiger partial charge in [-0.2, -0.15) is 0 Å². The standard InChI is InChI=1S/C19H16N4O4/c24-16(11-23-17(25)12-5-1-2-6-13(12)18(23)26)20-9-10-22-15-8-4-3-7-14(15)21-19(22)27/h1-8H,9-11H2,(H,20,24)(H,21,27). The van der Waals surface area contributed by atoms with Gasteiger partial charge in [-0.1, -0.05) is 24.3 Å². The van der Waals surface area contributed by atoms with Crippen LogP contribution >= 0.6 is 0 Å². The molecule has 0 bridgehead atoms. The molecule has 0 fully saturated rings. The van der Waals surface area contributed by atoms with Crippen molar-refractivity contribution in [3.8, 4) is 0 Å². The fourth-order valence-corrected chi connectivity index (χ4v) is 3.22. The second-order valence-corrected chi connectivity index (χ2v) is 6.19. The van der Waals surface area contributed by atoms with E-state index in [1.165, 1.54) is 4.57 Å². The van der Waals surface area contributed by atoms with Gasteiger partial charge in [0, 0.05) is 13.1 Å². The number of aromatic amines is 1. The van der Waals surface area contributed by atoms with Crippen LogP contribution in [0.1, 0.15) is 20.7 Å². The number of carbonyl (C=O) groups is 3. The molecule has 136 valence electrons. The number of fused-ring (bicyclic) bond motifs is 2. The maximum Gasteiger partial charge on any atom is 0.326 e. The Labute approximate surface area is 153 Å². The largest absolute Gasteiger partial charge is 0.353 e. The third-order valence-corrected chi connectivity index (χ3v) is 4.52. The minimum Gasteiger partial charge on any atom is -0.353 e. The summed E-state index contributed by atoms with van der Waals surface area (Å²) in [5.41, 5.74) is 1.82. The number of nitrogens with one attached hydrogen (secondary N) is 2. The molecule has 0 spiro atoms. The Hall–Kier alpha value is -3.68. The number of hydrogen-bond acceptors (Lipinski definition) is 4. The number of carbonyl (C=O) groups excluding carboxylic acids is 3. The van der Waals surface area contributed by atoms with Crippen LogP contribution in [0.3, 0.4) is 0 Å². The second-order valence-electron chi connectivity index (χ2n) is 6.19. The third kappa shape index (κ3) is 2.91. The highest BCUT2D eigenvalue weighted by molar-refractivity contribution is 6.22. The van der Waals surface area contributed by atoms with Crippen LogP contribution in [0, 0.1) is 0 Å². The van der Waals surface area contributed by atoms with Gasteiger partial charge in [-0.05, 0) is 24.3 Å². The number of para-hydroxylation sites is 2. The average Bonchev–Trinajstić information content (AvgIpc) is 3.11. The third-order valence-electron chi connectivity index (χ3n) is 4.52. The highest BCUT2D eigenvalue weighted by Crippen LogP contribution is 2.21. The Kier molecular flexibility index (Phi) is 4.08. The minimum atomic E-state index is -0.474. The van der Waals surface area contributed by atoms with E-state index in [2.05, 4.69) is 10.3 Å². The molecule has 0 radical (unpaired) electrons. The molecule has 1 aromatic heterocycles. The van der Waals surface area contributed by atoms with Crippen LogP contribution in [0.5, 0.6) is 0 Å². The van der Waals surface area contributed by atoms with Crippen molar-refractivity contribution in [3.05, 3.63) is 70.1 Å². The number of imidazole rings is 1. The SMILES string of the molecule is O=C(CN1C(=O)c2ccccc2C1=O)NCCn1c(=O)[nH]c2ccccc21. The number of aromatic nitrogens is 2. The van der Waals surface area contributed by atoms with E-state index in [-0.39, 0.29) is 25.3 Å². The lowest BCUT2D eigenvalue weighted by atomic mass is 10.1. The molecule has 8 nitrogen and oxygen atoms in total. The van der Waals surface area contributed by atoms with Crippen LogP contribution in [0.25, 0.3) is 11.0 Å². The molecular weight excluding hydrogens is 348 g/mol. The van der Waals surface area contributed by atoms with E-state index in [4.69, 9.17) is 0 Å². The van der Waals surface area contributed by atoms with Crippen LogP contribution in [0.4, 0.5) is 0 Å². The second kappa shape index (κ2) is 6.56. The number of imide groups is 1. The number of benzene rings is 2. The molecule has 8 heteroatoms. The summed E-state index contributed by atoms with van der Waals surface area (Å²) in [6, 6.07) is 13.7. The molecule has 0 unspecified atom stereocenters. The first-order chi connectivity index (χ1) is 13.1. The highest BCUT2D eigenvalue weighted by atomic mass is 16.2. The molecule has 3 aromatic rings. The average molecular weight is 364 g/mol. The molecule has 1 aliphatic rings. The summed E-state index contributed by atoms with van der Waals surface area (Å²) >= 11 is 0. The summed E-state index contributed by atoms with van der Waals surface area (Å²) in [6.07, 6.45) is 0. The van der Waals surface area contributed by atoms with E-state index in [9.17, 15) is 19.2 Å². The summed E-state index contributed by atoms with van der Waals surface area (Å²) in [7, 11) is 0. The van der Waals surface area contributed by atoms with Crippen LogP contribution in [-0.4, -0.2) is 45.3 Å². The van der Waals surface area contributed by atoms with Gasteiger partial charge in [0.2, 0.25) is 5.91 Å². The van der Waals surface area contributed by atoms with Gasteiger partial charge in [0.05, 0.1) is 22.2 Å². The maximum atomic E-state index is 12.3. The molecule has 2 aromatic carbocycles. The first-order valence-electron chi connectivity index (χ1n) is 8.46. The molecule has 2 heterocycles. The number of nitrogens with zero attached hydrogens (tertiary/aromatic N) is 2. The normalized spacial score (nSPS) is 13.3. The van der Waals surface area contributed by atoms with E-state index in [1.54, 1.807) is 30.3 Å². The fraction of sp³-hybridized carbons (Fsp3) is 0.158. The number of amides is 3. The lowest BCUT2D eigenvalue weighted by Gasteiger charge is -2.13. The van der Waals surface area contributed by atoms with Crippen LogP contribution in [0.15, 0.2) is 53.3 Å². The Balaban J connectivity index is 1.38. The van der Waals surface area contributed by atoms with E-state index < -0.39 is 17.7 Å². The van der Waals surface area contributed by atoms with Crippen LogP contribution < -0.4 is 11.0 Å². The Bertz CT molecular complexity index is 1090. The zero-order chi connectivity index (χ0) is 19.0. The van der Waals surface area contributed by atoms with E-state index in [1.807, 2.05) is 18.2 Å². The van der Waals surface area contributed by atoms with Crippen molar-refractivity contribution >= 4 is 28.8 Å². The molecule has 2 N–H and O–H groups in total. The molecule has 0 aliphatic carbocycles. The topological polar surface area (TPSA) is 104 Å². The summed E-state index contributed by atoms with van der Waals surface area (Å²) in [6.45, 7) is 0.121. The predicted molar refractivity (Wildman–Crippen MR) is 97.4 cm³/mol. The Morgan fingerprint density at radius 1 is 0.926 bits per heavy atom. The van der Waals surface area contributed by atoms with E-state index >= 15 is 0 Å². The van der Waals surface area contributed by atoms with Gasteiger partial charge in [0.15, 0.2) is 0 Å². The lowest BCUT2D eigenvalue weighted by molar-refractivity contribution is -0.121. The summed E-state index contributed by atoms with van der Waals surface area (Å²) < 4.78 is 1.53. The Morgan fingerprint density at radius 3 is 2.26 bits per heavy atom. The molecule has 3 amide bonds. The van der Waals surface area contributed by atoms with Gasteiger partial charge in [0.1, 0.15) is 6.54 Å². The molecule has 0 saturated heterocycles. The molecule has 27 heavy (non-hydrogen) atoms. The molecule has 0 saturated carbocycles. The first kappa shape index (κ1) is 16.8. The monoisotopic (exact) mass is 364 g/mol. The predicted octanol–water partition coefficient (Wildman–Crippen LogP) is 0.742. The van der Waals surface area contributed by atoms with Crippen molar-refractivity contribution in [2.75, 3.05) is 13.1 Å². The number of rotatable bonds is 5. The summed E-state index contributed by atoms with van der Waals surface area (Å²) in [4.78, 5) is 52.4. The number of hydrogen-bond donors (Lipinski definition) is 2. The van der Waals surface area contributed by atoms with Crippen molar-refractivity contribution in [3.63, 3.8) is 0 Å². The number of H-pyrrole nitrogens is 1. The molecular formula is C19H16N4O4. The van der Waals surface area contributed by atoms with E-state index in [0.717, 1.165) is 15.9 Å². The van der Waals surface area contributed by atoms with Crippen LogP contribution in [-0.2, 0) is 11.3 Å². The first-order valence-corrected chi connectivity index (χ1v) is 8.46. The molecule has 1 aliphatic heterocycles. The zero-order valence-electron chi connectivity index (χ0n) is 14.3. The summed E-state index contributed by atoms with van der Waals surface area (Å²) in [5, 5.41) is 2.65. The lowest BCUT2D eigenvalue weighted by Crippen LogP contribution is -2.41. The van der Waals surface area contributed by atoms with Gasteiger partial charge in [-0.15, -0.1) is 0 Å². The van der Waals surface area contributed by atoms with E-state index in [0.29, 0.717) is 11.1 Å². The van der Waals surface area contributed by atoms with Crippen molar-refractivity contribution < 1.29 is 14.4 Å². The minimum absolute atomic E-state index is 0.198. The van der Waals surface area contributed by atoms with Gasteiger partial charge >= 0.3 is 5.69 Å². The van der Waals surface area contributed by atoms with Crippen molar-refractivity contribution in [1.82, 2.24) is 19.8 Å². The van der Waals surface area contributed by atoms with Gasteiger partial charge in [-0.3, -0.25) is 23.9 Å². The Morgan fingerprint density at radius 2 is 1.56 bits per heavy atom. The molecule has 4 rings (SSSR count). The maximum absolute atomic E-state index is 12.3. The van der Waals surface area contributed by atoms with Crippen molar-refractivity contribution in [2.24, 2.45) is 0 Å². The zero-order valence-corrected chi connectivity index (χ0v) is 14.3. The van der Waals surface area contributed by atoms with Gasteiger partial charge < -0.3 is 10.3 Å². The smallest absolute Gasteiger partial charge is 0.326 e. The highest BCUT2D eigenvalue weighted by Gasteiger charge is 2.36. The van der Waals surface area contributed by atoms with Crippen molar-refractivity contribution in [1.29, 1.82) is 0 Å². The quantitative estimate of drug-likeness (QED) is 0.652. The van der Waals surface area contributed by atoms with Gasteiger partial charge in [0.25, 0.3) is 11.8 Å².